The van der Waals surface area contributed by atoms with Crippen LogP contribution in [0, 0.1) is 0 Å². The van der Waals surface area contributed by atoms with Crippen molar-refractivity contribution >= 4 is 34.2 Å². The summed E-state index contributed by atoms with van der Waals surface area (Å²) in [4.78, 5) is 51.8. The molecule has 1 aliphatic heterocycles. The zero-order valence-electron chi connectivity index (χ0n) is 17.9. The van der Waals surface area contributed by atoms with Gasteiger partial charge in [-0.05, 0) is 41.2 Å². The molecule has 0 bridgehead atoms. The van der Waals surface area contributed by atoms with E-state index < -0.39 is 23.3 Å². The Bertz CT molecular complexity index is 1450. The molecule has 1 N–H and O–H groups in total. The van der Waals surface area contributed by atoms with Crippen molar-refractivity contribution in [3.8, 4) is 11.5 Å². The van der Waals surface area contributed by atoms with Crippen molar-refractivity contribution in [1.29, 1.82) is 0 Å². The number of carbonyl (C=O) groups is 2. The van der Waals surface area contributed by atoms with Crippen molar-refractivity contribution < 1.29 is 19.4 Å². The first kappa shape index (κ1) is 21.7. The Morgan fingerprint density at radius 2 is 1.94 bits per heavy atom. The number of aromatic nitrogens is 3. The maximum Gasteiger partial charge on any atom is 0.347 e. The third-order valence-corrected chi connectivity index (χ3v) is 7.23. The molecule has 0 radical (unpaired) electrons. The lowest BCUT2D eigenvalue weighted by molar-refractivity contribution is -0.115. The zero-order valence-corrected chi connectivity index (χ0v) is 20.0. The van der Waals surface area contributed by atoms with Crippen molar-refractivity contribution in [3.63, 3.8) is 0 Å². The fourth-order valence-corrected chi connectivity index (χ4v) is 5.55. The predicted octanol–water partition coefficient (Wildman–Crippen LogP) is 1.89. The van der Waals surface area contributed by atoms with Gasteiger partial charge in [0.15, 0.2) is 23.1 Å². The number of carbonyl (C=O) groups excluding carboxylic acids is 2. The number of ether oxygens (including phenoxy) is 1. The van der Waals surface area contributed by atoms with E-state index in [-0.39, 0.29) is 36.0 Å². The fourth-order valence-electron chi connectivity index (χ4n) is 4.98. The van der Waals surface area contributed by atoms with Crippen molar-refractivity contribution in [3.05, 3.63) is 77.2 Å². The molecule has 0 fully saturated rings. The molecule has 2 heterocycles. The molecule has 33 heavy (non-hydrogen) atoms. The summed E-state index contributed by atoms with van der Waals surface area (Å²) in [5.74, 6) is -1.19. The Morgan fingerprint density at radius 1 is 1.18 bits per heavy atom. The molecule has 0 spiro atoms. The van der Waals surface area contributed by atoms with Gasteiger partial charge in [-0.15, -0.1) is 0 Å². The van der Waals surface area contributed by atoms with E-state index in [1.165, 1.54) is 22.5 Å². The van der Waals surface area contributed by atoms with Crippen LogP contribution in [-0.2, 0) is 23.2 Å². The van der Waals surface area contributed by atoms with Crippen LogP contribution in [0.5, 0.6) is 11.5 Å². The van der Waals surface area contributed by atoms with Crippen LogP contribution in [0.15, 0.2) is 60.2 Å². The second-order valence-electron chi connectivity index (χ2n) is 8.11. The largest absolute Gasteiger partial charge is 0.504 e. The highest BCUT2D eigenvalue weighted by Gasteiger charge is 2.45. The number of phenolic OH excluding ortho intramolecular Hbond substituents is 1. The molecule has 2 aliphatic carbocycles. The summed E-state index contributed by atoms with van der Waals surface area (Å²) in [5.41, 5.74) is 0.760. The molecule has 170 valence electrons. The van der Waals surface area contributed by atoms with E-state index in [9.17, 15) is 24.3 Å². The van der Waals surface area contributed by atoms with Gasteiger partial charge >= 0.3 is 11.4 Å². The lowest BCUT2D eigenvalue weighted by Gasteiger charge is -2.39. The molecule has 0 unspecified atom stereocenters. The number of nitrogens with zero attached hydrogens (tertiary/aromatic N) is 3. The standard InChI is InChI=1S/C23H20IN3O6/c1-3-33-17-6-4-5-12(20(17)29)18-11-7-8-26-22(31)25(2)23(32)27(26)15(11)9-13-16(28)10-14(24)21(30)19(13)18/h4-7,10,15,18,29H,3,8-9H2,1-2H3/t15-,18-/m1/s1. The van der Waals surface area contributed by atoms with E-state index in [4.69, 9.17) is 4.74 Å². The van der Waals surface area contributed by atoms with Crippen LogP contribution in [0.3, 0.4) is 0 Å². The van der Waals surface area contributed by atoms with E-state index in [0.29, 0.717) is 32.5 Å². The van der Waals surface area contributed by atoms with Crippen LogP contribution in [0.1, 0.15) is 30.9 Å². The normalized spacial score (nSPS) is 21.8. The summed E-state index contributed by atoms with van der Waals surface area (Å²) in [6.07, 6.45) is 3.22. The third kappa shape index (κ3) is 3.03. The molecular weight excluding hydrogens is 541 g/mol. The van der Waals surface area contributed by atoms with Crippen LogP contribution in [-0.4, -0.2) is 37.2 Å². The molecule has 1 aromatic carbocycles. The Kier molecular flexibility index (Phi) is 5.07. The lowest BCUT2D eigenvalue weighted by atomic mass is 9.68. The number of hydrogen-bond donors (Lipinski definition) is 1. The summed E-state index contributed by atoms with van der Waals surface area (Å²) < 4.78 is 9.57. The van der Waals surface area contributed by atoms with Gasteiger partial charge in [-0.25, -0.2) is 23.5 Å². The number of halogens is 1. The predicted molar refractivity (Wildman–Crippen MR) is 127 cm³/mol. The molecule has 2 atom stereocenters. The number of ketones is 2. The molecule has 9 nitrogen and oxygen atoms in total. The number of hydrogen-bond acceptors (Lipinski definition) is 6. The number of Topliss-reactive ketones (excluding diaryl/α,β-unsaturated/α-hetero) is 1. The monoisotopic (exact) mass is 561 g/mol. The minimum absolute atomic E-state index is 0.109. The molecule has 1 aromatic heterocycles. The van der Waals surface area contributed by atoms with Gasteiger partial charge in [0.05, 0.1) is 22.8 Å². The van der Waals surface area contributed by atoms with Crippen molar-refractivity contribution in [1.82, 2.24) is 13.9 Å². The Labute approximate surface area is 201 Å². The van der Waals surface area contributed by atoms with Gasteiger partial charge < -0.3 is 9.84 Å². The van der Waals surface area contributed by atoms with E-state index in [1.807, 2.05) is 28.7 Å². The number of fused-ring (bicyclic) bond motifs is 3. The molecule has 0 amide bonds. The summed E-state index contributed by atoms with van der Waals surface area (Å²) in [7, 11) is 1.41. The molecular formula is C23H20IN3O6. The smallest absolute Gasteiger partial charge is 0.347 e. The van der Waals surface area contributed by atoms with Gasteiger partial charge in [0.1, 0.15) is 0 Å². The maximum absolute atomic E-state index is 13.3. The van der Waals surface area contributed by atoms with Crippen LogP contribution >= 0.6 is 22.6 Å². The number of phenols is 1. The van der Waals surface area contributed by atoms with E-state index in [2.05, 4.69) is 0 Å². The van der Waals surface area contributed by atoms with Crippen LogP contribution in [0.4, 0.5) is 0 Å². The average Bonchev–Trinajstić information content (AvgIpc) is 3.02. The van der Waals surface area contributed by atoms with Gasteiger partial charge in [-0.1, -0.05) is 18.2 Å². The number of allylic oxidation sites excluding steroid dienone is 6. The first-order valence-corrected chi connectivity index (χ1v) is 11.6. The SMILES string of the molecule is CCOc1cccc([C@H]2C3=CCn4c(=O)n(C)c(=O)n4[C@@H]3CC3=C2C(=O)C(I)=CC3=O)c1O. The van der Waals surface area contributed by atoms with Gasteiger partial charge in [0.25, 0.3) is 0 Å². The van der Waals surface area contributed by atoms with Crippen LogP contribution in [0.25, 0.3) is 0 Å². The molecule has 0 saturated heterocycles. The van der Waals surface area contributed by atoms with E-state index in [1.54, 1.807) is 25.1 Å². The average molecular weight is 561 g/mol. The summed E-state index contributed by atoms with van der Waals surface area (Å²) in [6, 6.07) is 4.40. The highest BCUT2D eigenvalue weighted by atomic mass is 127. The fraction of sp³-hybridized carbons (Fsp3) is 0.304. The second kappa shape index (κ2) is 7.72. The minimum Gasteiger partial charge on any atom is -0.504 e. The summed E-state index contributed by atoms with van der Waals surface area (Å²) in [5, 5.41) is 11.1. The summed E-state index contributed by atoms with van der Waals surface area (Å²) in [6.45, 7) is 2.27. The maximum atomic E-state index is 13.3. The Hall–Kier alpha value is -3.15. The van der Waals surface area contributed by atoms with Crippen LogP contribution in [0.2, 0.25) is 0 Å². The third-order valence-electron chi connectivity index (χ3n) is 6.43. The number of para-hydroxylation sites is 1. The first-order valence-electron chi connectivity index (χ1n) is 10.5. The molecule has 2 aromatic rings. The lowest BCUT2D eigenvalue weighted by Crippen LogP contribution is -2.40. The van der Waals surface area contributed by atoms with E-state index >= 15 is 0 Å². The Morgan fingerprint density at radius 3 is 2.67 bits per heavy atom. The molecule has 10 heteroatoms. The number of benzene rings is 1. The van der Waals surface area contributed by atoms with Gasteiger partial charge in [-0.2, -0.15) is 0 Å². The molecule has 5 rings (SSSR count). The highest BCUT2D eigenvalue weighted by molar-refractivity contribution is 14.1. The minimum atomic E-state index is -0.759. The van der Waals surface area contributed by atoms with Gasteiger partial charge in [0.2, 0.25) is 0 Å². The van der Waals surface area contributed by atoms with Crippen LogP contribution < -0.4 is 16.1 Å². The van der Waals surface area contributed by atoms with Crippen molar-refractivity contribution in [2.75, 3.05) is 6.61 Å². The number of aromatic hydroxyl groups is 1. The molecule has 3 aliphatic rings. The van der Waals surface area contributed by atoms with E-state index in [0.717, 1.165) is 4.57 Å². The summed E-state index contributed by atoms with van der Waals surface area (Å²) >= 11 is 1.85. The Balaban J connectivity index is 1.79. The number of rotatable bonds is 3. The zero-order chi connectivity index (χ0) is 23.6. The topological polar surface area (TPSA) is 113 Å². The highest BCUT2D eigenvalue weighted by Crippen LogP contribution is 2.52. The quantitative estimate of drug-likeness (QED) is 0.348. The second-order valence-corrected chi connectivity index (χ2v) is 9.27. The van der Waals surface area contributed by atoms with Gasteiger partial charge in [-0.3, -0.25) is 9.59 Å². The van der Waals surface area contributed by atoms with Gasteiger partial charge in [0, 0.05) is 42.2 Å². The first-order chi connectivity index (χ1) is 15.8. The van der Waals surface area contributed by atoms with Crippen molar-refractivity contribution in [2.24, 2.45) is 7.05 Å². The van der Waals surface area contributed by atoms with Crippen molar-refractivity contribution in [2.45, 2.75) is 31.8 Å². The molecule has 0 saturated carbocycles.